The third-order valence-electron chi connectivity index (χ3n) is 4.05. The summed E-state index contributed by atoms with van der Waals surface area (Å²) in [5, 5.41) is 3.28. The third kappa shape index (κ3) is 3.19. The first kappa shape index (κ1) is 15.5. The van der Waals surface area contributed by atoms with E-state index in [0.717, 1.165) is 22.5 Å². The maximum absolute atomic E-state index is 13.1. The van der Waals surface area contributed by atoms with Crippen LogP contribution in [0.2, 0.25) is 0 Å². The molecule has 0 fully saturated rings. The molecule has 0 atom stereocenters. The van der Waals surface area contributed by atoms with Gasteiger partial charge in [-0.1, -0.05) is 12.1 Å². The molecule has 0 spiro atoms. The number of aryl methyl sites for hydroxylation is 2. The van der Waals surface area contributed by atoms with Gasteiger partial charge >= 0.3 is 0 Å². The van der Waals surface area contributed by atoms with E-state index in [1.54, 1.807) is 12.1 Å². The molecular formula is C18H21FN4. The SMILES string of the molecule is Cc1cc2nc(NCCN)n(Cc3ccc(F)cc3)c2cc1C. The summed E-state index contributed by atoms with van der Waals surface area (Å²) in [5.74, 6) is 0.567. The number of fused-ring (bicyclic) bond motifs is 1. The number of hydrogen-bond donors (Lipinski definition) is 2. The molecule has 1 heterocycles. The summed E-state index contributed by atoms with van der Waals surface area (Å²) in [6.45, 7) is 6.01. The van der Waals surface area contributed by atoms with Gasteiger partial charge in [0.25, 0.3) is 0 Å². The molecule has 4 nitrogen and oxygen atoms in total. The highest BCUT2D eigenvalue weighted by Crippen LogP contribution is 2.24. The molecule has 0 aliphatic heterocycles. The molecule has 3 rings (SSSR count). The highest BCUT2D eigenvalue weighted by Gasteiger charge is 2.12. The molecule has 23 heavy (non-hydrogen) atoms. The lowest BCUT2D eigenvalue weighted by Crippen LogP contribution is -2.16. The lowest BCUT2D eigenvalue weighted by molar-refractivity contribution is 0.626. The number of nitrogens with zero attached hydrogens (tertiary/aromatic N) is 2. The molecule has 5 heteroatoms. The van der Waals surface area contributed by atoms with Crippen molar-refractivity contribution in [1.29, 1.82) is 0 Å². The first-order valence-electron chi connectivity index (χ1n) is 7.74. The number of benzene rings is 2. The van der Waals surface area contributed by atoms with Gasteiger partial charge in [-0.3, -0.25) is 0 Å². The van der Waals surface area contributed by atoms with Crippen molar-refractivity contribution in [2.75, 3.05) is 18.4 Å². The second-order valence-corrected chi connectivity index (χ2v) is 5.79. The lowest BCUT2D eigenvalue weighted by atomic mass is 10.1. The minimum atomic E-state index is -0.225. The Bertz CT molecular complexity index is 821. The topological polar surface area (TPSA) is 55.9 Å². The molecule has 3 aromatic rings. The van der Waals surface area contributed by atoms with Gasteiger partial charge in [0.05, 0.1) is 17.6 Å². The van der Waals surface area contributed by atoms with E-state index in [4.69, 9.17) is 5.73 Å². The van der Waals surface area contributed by atoms with E-state index in [2.05, 4.69) is 40.8 Å². The average Bonchev–Trinajstić information content (AvgIpc) is 2.85. The molecule has 0 unspecified atom stereocenters. The van der Waals surface area contributed by atoms with E-state index >= 15 is 0 Å². The summed E-state index contributed by atoms with van der Waals surface area (Å²) >= 11 is 0. The van der Waals surface area contributed by atoms with Crippen molar-refractivity contribution in [3.8, 4) is 0 Å². The van der Waals surface area contributed by atoms with E-state index in [0.29, 0.717) is 19.6 Å². The second-order valence-electron chi connectivity index (χ2n) is 5.79. The Labute approximate surface area is 135 Å². The largest absolute Gasteiger partial charge is 0.354 e. The molecule has 0 amide bonds. The Balaban J connectivity index is 2.07. The Morgan fingerprint density at radius 1 is 1.13 bits per heavy atom. The van der Waals surface area contributed by atoms with Crippen LogP contribution in [0.4, 0.5) is 10.3 Å². The fraction of sp³-hybridized carbons (Fsp3) is 0.278. The van der Waals surface area contributed by atoms with Crippen molar-refractivity contribution in [2.24, 2.45) is 5.73 Å². The van der Waals surface area contributed by atoms with Crippen LogP contribution in [0.3, 0.4) is 0 Å². The van der Waals surface area contributed by atoms with Gasteiger partial charge in [-0.15, -0.1) is 0 Å². The van der Waals surface area contributed by atoms with Crippen molar-refractivity contribution in [3.63, 3.8) is 0 Å². The van der Waals surface area contributed by atoms with Crippen LogP contribution in [0, 0.1) is 19.7 Å². The van der Waals surface area contributed by atoms with Crippen LogP contribution in [0.15, 0.2) is 36.4 Å². The average molecular weight is 312 g/mol. The van der Waals surface area contributed by atoms with Crippen molar-refractivity contribution in [2.45, 2.75) is 20.4 Å². The van der Waals surface area contributed by atoms with E-state index < -0.39 is 0 Å². The monoisotopic (exact) mass is 312 g/mol. The molecular weight excluding hydrogens is 291 g/mol. The van der Waals surface area contributed by atoms with E-state index in [-0.39, 0.29) is 5.82 Å². The minimum Gasteiger partial charge on any atom is -0.354 e. The quantitative estimate of drug-likeness (QED) is 0.760. The van der Waals surface area contributed by atoms with Gasteiger partial charge in [-0.25, -0.2) is 9.37 Å². The van der Waals surface area contributed by atoms with Crippen LogP contribution in [0.25, 0.3) is 11.0 Å². The maximum atomic E-state index is 13.1. The molecule has 0 aliphatic rings. The molecule has 0 aliphatic carbocycles. The minimum absolute atomic E-state index is 0.225. The molecule has 0 bridgehead atoms. The van der Waals surface area contributed by atoms with Crippen LogP contribution in [0.5, 0.6) is 0 Å². The smallest absolute Gasteiger partial charge is 0.204 e. The Hall–Kier alpha value is -2.40. The number of anilines is 1. The summed E-state index contributed by atoms with van der Waals surface area (Å²) in [6.07, 6.45) is 0. The summed E-state index contributed by atoms with van der Waals surface area (Å²) in [4.78, 5) is 4.69. The number of nitrogens with two attached hydrogens (primary N) is 1. The third-order valence-corrected chi connectivity index (χ3v) is 4.05. The number of aromatic nitrogens is 2. The van der Waals surface area contributed by atoms with Gasteiger partial charge in [0.2, 0.25) is 5.95 Å². The van der Waals surface area contributed by atoms with Crippen LogP contribution in [0.1, 0.15) is 16.7 Å². The van der Waals surface area contributed by atoms with Crippen LogP contribution >= 0.6 is 0 Å². The van der Waals surface area contributed by atoms with Gasteiger partial charge < -0.3 is 15.6 Å². The number of hydrogen-bond acceptors (Lipinski definition) is 3. The first-order valence-corrected chi connectivity index (χ1v) is 7.74. The molecule has 0 radical (unpaired) electrons. The first-order chi connectivity index (χ1) is 11.1. The van der Waals surface area contributed by atoms with Crippen LogP contribution in [-0.2, 0) is 6.54 Å². The van der Waals surface area contributed by atoms with Gasteiger partial charge in [-0.2, -0.15) is 0 Å². The van der Waals surface area contributed by atoms with Crippen molar-refractivity contribution in [3.05, 3.63) is 58.9 Å². The Morgan fingerprint density at radius 2 is 1.83 bits per heavy atom. The number of rotatable bonds is 5. The zero-order valence-corrected chi connectivity index (χ0v) is 13.4. The number of halogens is 1. The number of nitrogens with one attached hydrogen (secondary N) is 1. The maximum Gasteiger partial charge on any atom is 0.204 e. The summed E-state index contributed by atoms with van der Waals surface area (Å²) in [5.41, 5.74) is 11.1. The van der Waals surface area contributed by atoms with Gasteiger partial charge in [0.15, 0.2) is 0 Å². The van der Waals surface area contributed by atoms with Crippen LogP contribution in [-0.4, -0.2) is 22.6 Å². The molecule has 2 aromatic carbocycles. The van der Waals surface area contributed by atoms with E-state index in [1.165, 1.54) is 23.3 Å². The molecule has 0 saturated carbocycles. The van der Waals surface area contributed by atoms with Gasteiger partial charge in [-0.05, 0) is 54.8 Å². The fourth-order valence-corrected chi connectivity index (χ4v) is 2.63. The predicted molar refractivity (Wildman–Crippen MR) is 92.3 cm³/mol. The molecule has 1 aromatic heterocycles. The Kier molecular flexibility index (Phi) is 4.30. The summed E-state index contributed by atoms with van der Waals surface area (Å²) < 4.78 is 15.2. The lowest BCUT2D eigenvalue weighted by Gasteiger charge is -2.11. The van der Waals surface area contributed by atoms with Crippen LogP contribution < -0.4 is 11.1 Å². The standard InChI is InChI=1S/C18H21FN4/c1-12-9-16-17(10-13(12)2)23(18(22-16)21-8-7-20)11-14-3-5-15(19)6-4-14/h3-6,9-10H,7-8,11,20H2,1-2H3,(H,21,22). The summed E-state index contributed by atoms with van der Waals surface area (Å²) in [6, 6.07) is 10.8. The zero-order chi connectivity index (χ0) is 16.4. The Morgan fingerprint density at radius 3 is 2.52 bits per heavy atom. The van der Waals surface area contributed by atoms with Crippen molar-refractivity contribution in [1.82, 2.24) is 9.55 Å². The molecule has 3 N–H and O–H groups in total. The molecule has 120 valence electrons. The predicted octanol–water partition coefficient (Wildman–Crippen LogP) is 3.21. The highest BCUT2D eigenvalue weighted by molar-refractivity contribution is 5.80. The van der Waals surface area contributed by atoms with E-state index in [1.807, 2.05) is 0 Å². The van der Waals surface area contributed by atoms with Gasteiger partial charge in [0, 0.05) is 13.1 Å². The fourth-order valence-electron chi connectivity index (χ4n) is 2.63. The highest BCUT2D eigenvalue weighted by atomic mass is 19.1. The van der Waals surface area contributed by atoms with Crippen molar-refractivity contribution < 1.29 is 4.39 Å². The number of imidazole rings is 1. The summed E-state index contributed by atoms with van der Waals surface area (Å²) in [7, 11) is 0. The zero-order valence-electron chi connectivity index (χ0n) is 13.4. The van der Waals surface area contributed by atoms with E-state index in [9.17, 15) is 4.39 Å². The normalized spacial score (nSPS) is 11.1. The van der Waals surface area contributed by atoms with Gasteiger partial charge in [0.1, 0.15) is 5.82 Å². The second kappa shape index (κ2) is 6.38. The molecule has 0 saturated heterocycles. The van der Waals surface area contributed by atoms with Crippen molar-refractivity contribution >= 4 is 17.0 Å².